The second-order valence-electron chi connectivity index (χ2n) is 8.45. The molecule has 3 aromatic rings. The van der Waals surface area contributed by atoms with Crippen molar-refractivity contribution in [3.05, 3.63) is 36.7 Å². The highest BCUT2D eigenvalue weighted by atomic mass is 16.5. The van der Waals surface area contributed by atoms with Crippen molar-refractivity contribution >= 4 is 28.4 Å². The zero-order valence-corrected chi connectivity index (χ0v) is 20.5. The molecule has 4 rings (SSSR count). The summed E-state index contributed by atoms with van der Waals surface area (Å²) in [4.78, 5) is 23.7. The number of rotatable bonds is 8. The Morgan fingerprint density at radius 2 is 1.74 bits per heavy atom. The highest BCUT2D eigenvalue weighted by Gasteiger charge is 2.19. The minimum atomic E-state index is -0.488. The van der Waals surface area contributed by atoms with Gasteiger partial charge in [0.05, 0.1) is 39.1 Å². The van der Waals surface area contributed by atoms with E-state index in [9.17, 15) is 4.79 Å². The van der Waals surface area contributed by atoms with Crippen LogP contribution in [0.15, 0.2) is 36.7 Å². The van der Waals surface area contributed by atoms with E-state index in [0.717, 1.165) is 25.9 Å². The zero-order chi connectivity index (χ0) is 24.8. The number of fused-ring (bicyclic) bond motifs is 1. The molecule has 2 aromatic carbocycles. The smallest absolute Gasteiger partial charge is 0.324 e. The Hall–Kier alpha value is -3.79. The van der Waals surface area contributed by atoms with Crippen LogP contribution in [0.5, 0.6) is 23.0 Å². The molecule has 1 aromatic heterocycles. The Labute approximate surface area is 204 Å². The van der Waals surface area contributed by atoms with Gasteiger partial charge in [-0.05, 0) is 57.1 Å². The normalized spacial score (nSPS) is 14.4. The van der Waals surface area contributed by atoms with Gasteiger partial charge in [0.25, 0.3) is 0 Å². The van der Waals surface area contributed by atoms with E-state index in [0.29, 0.717) is 57.9 Å². The number of ether oxygens (including phenoxy) is 4. The third kappa shape index (κ3) is 5.83. The number of methoxy groups -OCH3 is 3. The van der Waals surface area contributed by atoms with Crippen LogP contribution in [0.1, 0.15) is 12.8 Å². The highest BCUT2D eigenvalue weighted by molar-refractivity contribution is 6.05. The summed E-state index contributed by atoms with van der Waals surface area (Å²) in [5.74, 6) is 3.11. The molecule has 10 heteroatoms. The molecule has 0 saturated carbocycles. The molecule has 2 heterocycles. The number of likely N-dealkylation sites (tertiary alicyclic amines) is 1. The Kier molecular flexibility index (Phi) is 7.71. The van der Waals surface area contributed by atoms with Crippen LogP contribution in [-0.2, 0) is 0 Å². The van der Waals surface area contributed by atoms with E-state index >= 15 is 0 Å². The average Bonchev–Trinajstić information content (AvgIpc) is 2.88. The van der Waals surface area contributed by atoms with Crippen LogP contribution in [0.2, 0.25) is 0 Å². The molecular weight excluding hydrogens is 450 g/mol. The maximum atomic E-state index is 12.8. The Bertz CT molecular complexity index is 1180. The van der Waals surface area contributed by atoms with Crippen LogP contribution in [0.4, 0.5) is 16.3 Å². The fourth-order valence-corrected chi connectivity index (χ4v) is 4.05. The number of aromatic nitrogens is 2. The number of carbonyl (C=O) groups excluding carboxylic acids is 1. The molecule has 0 unspecified atom stereocenters. The van der Waals surface area contributed by atoms with Crippen LogP contribution < -0.4 is 29.6 Å². The number of anilines is 2. The molecule has 1 aliphatic rings. The van der Waals surface area contributed by atoms with Crippen molar-refractivity contribution in [1.29, 1.82) is 0 Å². The maximum absolute atomic E-state index is 12.8. The minimum Gasteiger partial charge on any atom is -0.497 e. The van der Waals surface area contributed by atoms with Gasteiger partial charge in [0.15, 0.2) is 11.5 Å². The van der Waals surface area contributed by atoms with Crippen molar-refractivity contribution in [3.8, 4) is 23.0 Å². The molecule has 1 saturated heterocycles. The first kappa shape index (κ1) is 24.3. The first-order valence-corrected chi connectivity index (χ1v) is 11.4. The Morgan fingerprint density at radius 1 is 0.971 bits per heavy atom. The molecule has 1 fully saturated rings. The van der Waals surface area contributed by atoms with Crippen LogP contribution in [0.3, 0.4) is 0 Å². The predicted octanol–water partition coefficient (Wildman–Crippen LogP) is 4.02. The van der Waals surface area contributed by atoms with E-state index in [1.54, 1.807) is 38.5 Å². The lowest BCUT2D eigenvalue weighted by molar-refractivity contribution is 0.157. The summed E-state index contributed by atoms with van der Waals surface area (Å²) in [7, 11) is 6.81. The molecule has 0 bridgehead atoms. The third-order valence-corrected chi connectivity index (χ3v) is 6.12. The van der Waals surface area contributed by atoms with E-state index in [2.05, 4.69) is 32.5 Å². The summed E-state index contributed by atoms with van der Waals surface area (Å²) in [6.07, 6.45) is 3.61. The first-order valence-electron chi connectivity index (χ1n) is 11.4. The van der Waals surface area contributed by atoms with E-state index in [1.807, 2.05) is 6.07 Å². The summed E-state index contributed by atoms with van der Waals surface area (Å²) < 4.78 is 22.3. The molecule has 0 aliphatic carbocycles. The predicted molar refractivity (Wildman–Crippen MR) is 134 cm³/mol. The highest BCUT2D eigenvalue weighted by Crippen LogP contribution is 2.35. The van der Waals surface area contributed by atoms with Crippen molar-refractivity contribution in [2.45, 2.75) is 12.8 Å². The molecule has 35 heavy (non-hydrogen) atoms. The molecule has 10 nitrogen and oxygen atoms in total. The minimum absolute atomic E-state index is 0.342. The zero-order valence-electron chi connectivity index (χ0n) is 20.5. The van der Waals surface area contributed by atoms with Crippen molar-refractivity contribution in [1.82, 2.24) is 14.9 Å². The number of nitrogens with zero attached hydrogens (tertiary/aromatic N) is 3. The monoisotopic (exact) mass is 481 g/mol. The first-order chi connectivity index (χ1) is 17.0. The average molecular weight is 482 g/mol. The summed E-state index contributed by atoms with van der Waals surface area (Å²) in [5, 5.41) is 6.18. The van der Waals surface area contributed by atoms with Gasteiger partial charge >= 0.3 is 6.03 Å². The number of amides is 2. The third-order valence-electron chi connectivity index (χ3n) is 6.12. The molecule has 0 atom stereocenters. The van der Waals surface area contributed by atoms with E-state index in [4.69, 9.17) is 18.9 Å². The number of piperidine rings is 1. The lowest BCUT2D eigenvalue weighted by Crippen LogP contribution is -2.32. The fraction of sp³-hybridized carbons (Fsp3) is 0.400. The van der Waals surface area contributed by atoms with Gasteiger partial charge in [-0.2, -0.15) is 0 Å². The summed E-state index contributed by atoms with van der Waals surface area (Å²) in [6, 6.07) is 8.25. The van der Waals surface area contributed by atoms with Crippen LogP contribution in [-0.4, -0.2) is 69.0 Å². The molecule has 2 N–H and O–H groups in total. The van der Waals surface area contributed by atoms with E-state index < -0.39 is 6.03 Å². The topological polar surface area (TPSA) is 107 Å². The lowest BCUT2D eigenvalue weighted by Gasteiger charge is -2.28. The number of hydrogen-bond acceptors (Lipinski definition) is 8. The number of urea groups is 1. The van der Waals surface area contributed by atoms with Crippen molar-refractivity contribution in [2.75, 3.05) is 58.7 Å². The van der Waals surface area contributed by atoms with Gasteiger partial charge in [0.2, 0.25) is 0 Å². The van der Waals surface area contributed by atoms with Crippen LogP contribution in [0, 0.1) is 5.92 Å². The molecular formula is C25H31N5O5. The van der Waals surface area contributed by atoms with E-state index in [-0.39, 0.29) is 0 Å². The molecule has 0 radical (unpaired) electrons. The van der Waals surface area contributed by atoms with Crippen molar-refractivity contribution in [2.24, 2.45) is 5.92 Å². The SMILES string of the molecule is COc1ccc(OC)c(NC(=O)Nc2ncnc3cc(OCC4CCN(C)CC4)c(OC)cc23)c1. The summed E-state index contributed by atoms with van der Waals surface area (Å²) in [6.45, 7) is 2.78. The van der Waals surface area contributed by atoms with Gasteiger partial charge < -0.3 is 29.2 Å². The molecule has 0 spiro atoms. The number of hydrogen-bond donors (Lipinski definition) is 2. The van der Waals surface area contributed by atoms with E-state index in [1.165, 1.54) is 13.4 Å². The largest absolute Gasteiger partial charge is 0.497 e. The van der Waals surface area contributed by atoms with Crippen molar-refractivity contribution < 1.29 is 23.7 Å². The fourth-order valence-electron chi connectivity index (χ4n) is 4.05. The molecule has 1 aliphatic heterocycles. The van der Waals surface area contributed by atoms with Gasteiger partial charge in [-0.25, -0.2) is 14.8 Å². The number of carbonyl (C=O) groups is 1. The quantitative estimate of drug-likeness (QED) is 0.497. The van der Waals surface area contributed by atoms with Crippen LogP contribution >= 0.6 is 0 Å². The molecule has 186 valence electrons. The Balaban J connectivity index is 1.51. The Morgan fingerprint density at radius 3 is 2.46 bits per heavy atom. The molecule has 2 amide bonds. The standard InChI is InChI=1S/C25H31N5O5/c1-30-9-7-16(8-10-30)14-35-23-13-19-18(12-22(23)34-4)24(27-15-26-19)29-25(31)28-20-11-17(32-2)5-6-21(20)33-3/h5-6,11-13,15-16H,7-10,14H2,1-4H3,(H2,26,27,28,29,31). The maximum Gasteiger partial charge on any atom is 0.324 e. The lowest BCUT2D eigenvalue weighted by atomic mass is 9.98. The van der Waals surface area contributed by atoms with Gasteiger partial charge in [-0.15, -0.1) is 0 Å². The van der Waals surface area contributed by atoms with Gasteiger partial charge in [-0.1, -0.05) is 0 Å². The summed E-state index contributed by atoms with van der Waals surface area (Å²) in [5.41, 5.74) is 1.10. The summed E-state index contributed by atoms with van der Waals surface area (Å²) >= 11 is 0. The van der Waals surface area contributed by atoms with Gasteiger partial charge in [-0.3, -0.25) is 5.32 Å². The van der Waals surface area contributed by atoms with Gasteiger partial charge in [0, 0.05) is 17.5 Å². The second kappa shape index (κ2) is 11.1. The van der Waals surface area contributed by atoms with Gasteiger partial charge in [0.1, 0.15) is 23.6 Å². The second-order valence-corrected chi connectivity index (χ2v) is 8.45. The number of benzene rings is 2. The van der Waals surface area contributed by atoms with Crippen LogP contribution in [0.25, 0.3) is 10.9 Å². The van der Waals surface area contributed by atoms with Crippen molar-refractivity contribution in [3.63, 3.8) is 0 Å². The number of nitrogens with one attached hydrogen (secondary N) is 2.